The summed E-state index contributed by atoms with van der Waals surface area (Å²) in [6.07, 6.45) is -5.48. The maximum absolute atomic E-state index is 11.0. The molecular weight excluding hydrogens is 223 g/mol. The van der Waals surface area contributed by atoms with Crippen molar-refractivity contribution in [1.29, 1.82) is 0 Å². The third-order valence-corrected chi connectivity index (χ3v) is 0.771. The molecule has 0 aliphatic heterocycles. The van der Waals surface area contributed by atoms with Crippen molar-refractivity contribution in [2.24, 2.45) is 0 Å². The summed E-state index contributed by atoms with van der Waals surface area (Å²) in [4.78, 5) is -4.75. The second kappa shape index (κ2) is 3.34. The monoisotopic (exact) mass is 224 g/mol. The van der Waals surface area contributed by atoms with Gasteiger partial charge in [-0.25, -0.2) is 0 Å². The molecule has 0 amide bonds. The van der Waals surface area contributed by atoms with Crippen molar-refractivity contribution in [3.8, 4) is 0 Å². The van der Waals surface area contributed by atoms with Crippen molar-refractivity contribution in [2.45, 2.75) is 11.0 Å². The Kier molecular flexibility index (Phi) is 4.66. The van der Waals surface area contributed by atoms with Gasteiger partial charge >= 0.3 is 34.1 Å². The van der Waals surface area contributed by atoms with Crippen molar-refractivity contribution in [2.75, 3.05) is 0 Å². The van der Waals surface area contributed by atoms with E-state index in [1.54, 1.807) is 0 Å². The number of rotatable bonds is 0. The van der Waals surface area contributed by atoms with Gasteiger partial charge in [0.05, 0.1) is 0 Å². The minimum Gasteiger partial charge on any atom is -1.00 e. The Morgan fingerprint density at radius 3 is 1.11 bits per heavy atom. The summed E-state index contributed by atoms with van der Waals surface area (Å²) in [5, 5.41) is 0. The molecule has 9 heavy (non-hydrogen) atoms. The molecule has 7 heteroatoms. The van der Waals surface area contributed by atoms with E-state index in [4.69, 9.17) is 0 Å². The Morgan fingerprint density at radius 2 is 1.11 bits per heavy atom. The molecule has 0 bridgehead atoms. The van der Waals surface area contributed by atoms with Crippen LogP contribution in [-0.2, 0) is 0 Å². The Labute approximate surface area is 75.0 Å². The van der Waals surface area contributed by atoms with Gasteiger partial charge in [0.2, 0.25) is 0 Å². The molecule has 0 aliphatic rings. The van der Waals surface area contributed by atoms with E-state index in [0.29, 0.717) is 0 Å². The second-order valence-corrected chi connectivity index (χ2v) is 1.99. The van der Waals surface area contributed by atoms with Crippen LogP contribution in [0.1, 0.15) is 2.85 Å². The molecule has 0 saturated carbocycles. The maximum atomic E-state index is 11.0. The quantitative estimate of drug-likeness (QED) is 0.337. The van der Waals surface area contributed by atoms with Crippen LogP contribution in [0.15, 0.2) is 0 Å². The molecule has 0 atom stereocenters. The molecule has 0 aliphatic carbocycles. The van der Waals surface area contributed by atoms with Crippen molar-refractivity contribution in [1.82, 2.24) is 0 Å². The van der Waals surface area contributed by atoms with Gasteiger partial charge < -0.3 is 2.85 Å². The molecule has 0 rings (SSSR count). The average Bonchev–Trinajstić information content (AvgIpc) is 1.25. The van der Waals surface area contributed by atoms with Crippen LogP contribution in [0.2, 0.25) is 0 Å². The summed E-state index contributed by atoms with van der Waals surface area (Å²) in [5.74, 6) is 0. The summed E-state index contributed by atoms with van der Waals surface area (Å²) in [6, 6.07) is 0. The Bertz CT molecular complexity index is 77.5. The van der Waals surface area contributed by atoms with E-state index in [1.165, 1.54) is 0 Å². The zero-order chi connectivity index (χ0) is 7.00. The van der Waals surface area contributed by atoms with E-state index < -0.39 is 11.0 Å². The summed E-state index contributed by atoms with van der Waals surface area (Å²) < 4.78 is 54.3. The fraction of sp³-hybridized carbons (Fsp3) is 1.00. The van der Waals surface area contributed by atoms with Gasteiger partial charge in [-0.3, -0.25) is 0 Å². The van der Waals surface area contributed by atoms with Crippen LogP contribution in [-0.4, -0.2) is 34.1 Å². The minimum absolute atomic E-state index is 0. The Hall–Kier alpha value is 0.896. The number of alkyl halides is 6. The third-order valence-electron chi connectivity index (χ3n) is 0.321. The molecule has 0 nitrogen and oxygen atoms in total. The normalized spacial score (nSPS) is 12.7. The predicted molar refractivity (Wildman–Crippen MR) is 27.9 cm³/mol. The molecule has 0 spiro atoms. The topological polar surface area (TPSA) is 0 Å². The van der Waals surface area contributed by atoms with Crippen molar-refractivity contribution in [3.05, 3.63) is 0 Å². The van der Waals surface area contributed by atoms with Gasteiger partial charge in [0.25, 0.3) is 0 Å². The standard InChI is InChI=1S/C2BrF5.Mg.2H/c3-1(4,5)2(6,7)8;;;/q;+2;2*-1. The third kappa shape index (κ3) is 4.32. The zero-order valence-electron chi connectivity index (χ0n) is 5.97. The molecule has 0 N–H and O–H groups in total. The van der Waals surface area contributed by atoms with Crippen LogP contribution in [0, 0.1) is 0 Å². The largest absolute Gasteiger partial charge is 2.00 e. The van der Waals surface area contributed by atoms with Crippen LogP contribution in [0.5, 0.6) is 0 Å². The molecule has 0 aromatic rings. The van der Waals surface area contributed by atoms with Gasteiger partial charge in [-0.15, -0.1) is 0 Å². The number of halogens is 6. The fourth-order valence-corrected chi connectivity index (χ4v) is 0. The Morgan fingerprint density at radius 1 is 1.00 bits per heavy atom. The molecule has 0 saturated heterocycles. The Balaban J connectivity index is -0.0000000817. The van der Waals surface area contributed by atoms with Gasteiger partial charge in [0.15, 0.2) is 0 Å². The van der Waals surface area contributed by atoms with Gasteiger partial charge in [-0.05, 0) is 0 Å². The van der Waals surface area contributed by atoms with E-state index in [9.17, 15) is 22.0 Å². The summed E-state index contributed by atoms with van der Waals surface area (Å²) in [5.41, 5.74) is 0. The first-order valence-corrected chi connectivity index (χ1v) is 2.18. The molecule has 0 heterocycles. The van der Waals surface area contributed by atoms with Gasteiger partial charge in [0, 0.05) is 15.9 Å². The molecule has 0 fully saturated rings. The fourth-order valence-electron chi connectivity index (χ4n) is 0. The van der Waals surface area contributed by atoms with Crippen LogP contribution >= 0.6 is 15.9 Å². The first kappa shape index (κ1) is 12.6. The molecular formula is C2H2BrF5Mg. The maximum Gasteiger partial charge on any atom is 2.00 e. The first-order chi connectivity index (χ1) is 3.25. The molecule has 0 radical (unpaired) electrons. The summed E-state index contributed by atoms with van der Waals surface area (Å²) in [6.45, 7) is 0. The van der Waals surface area contributed by atoms with Crippen molar-refractivity contribution in [3.63, 3.8) is 0 Å². The molecule has 0 unspecified atom stereocenters. The molecule has 0 aromatic carbocycles. The average molecular weight is 225 g/mol. The SMILES string of the molecule is FC(F)(F)C(F)(F)Br.[H-].[H-].[Mg+2]. The predicted octanol–water partition coefficient (Wildman–Crippen LogP) is 2.38. The van der Waals surface area contributed by atoms with Gasteiger partial charge in [-0.1, -0.05) is 0 Å². The zero-order valence-corrected chi connectivity index (χ0v) is 6.98. The van der Waals surface area contributed by atoms with Crippen LogP contribution in [0.4, 0.5) is 22.0 Å². The second-order valence-electron chi connectivity index (χ2n) is 0.996. The summed E-state index contributed by atoms with van der Waals surface area (Å²) in [7, 11) is 0. The summed E-state index contributed by atoms with van der Waals surface area (Å²) >= 11 is 1.14. The van der Waals surface area contributed by atoms with Gasteiger partial charge in [0.1, 0.15) is 0 Å². The molecule has 54 valence electrons. The van der Waals surface area contributed by atoms with E-state index >= 15 is 0 Å². The number of hydrogen-bond acceptors (Lipinski definition) is 0. The van der Waals surface area contributed by atoms with Gasteiger partial charge in [-0.2, -0.15) is 22.0 Å². The van der Waals surface area contributed by atoms with E-state index in [1.807, 2.05) is 0 Å². The smallest absolute Gasteiger partial charge is 1.00 e. The van der Waals surface area contributed by atoms with Crippen molar-refractivity contribution >= 4 is 39.0 Å². The minimum atomic E-state index is -5.48. The van der Waals surface area contributed by atoms with E-state index in [-0.39, 0.29) is 25.9 Å². The van der Waals surface area contributed by atoms with Crippen molar-refractivity contribution < 1.29 is 24.8 Å². The van der Waals surface area contributed by atoms with E-state index in [2.05, 4.69) is 0 Å². The van der Waals surface area contributed by atoms with Crippen LogP contribution in [0.3, 0.4) is 0 Å². The van der Waals surface area contributed by atoms with Crippen LogP contribution < -0.4 is 0 Å². The number of hydrogen-bond donors (Lipinski definition) is 0. The first-order valence-electron chi connectivity index (χ1n) is 1.38. The van der Waals surface area contributed by atoms with E-state index in [0.717, 1.165) is 15.9 Å². The van der Waals surface area contributed by atoms with Crippen LogP contribution in [0.25, 0.3) is 0 Å². The molecule has 0 aromatic heterocycles.